The molecule has 0 aliphatic heterocycles. The van der Waals surface area contributed by atoms with E-state index in [9.17, 15) is 14.4 Å². The van der Waals surface area contributed by atoms with Crippen LogP contribution in [0.5, 0.6) is 5.75 Å². The predicted molar refractivity (Wildman–Crippen MR) is 100 cm³/mol. The number of nitrogens with two attached hydrogens (primary N) is 1. The third-order valence-corrected chi connectivity index (χ3v) is 3.76. The van der Waals surface area contributed by atoms with Gasteiger partial charge in [-0.2, -0.15) is 0 Å². The van der Waals surface area contributed by atoms with Crippen molar-refractivity contribution >= 4 is 23.5 Å². The molecule has 0 bridgehead atoms. The zero-order valence-electron chi connectivity index (χ0n) is 15.4. The Kier molecular flexibility index (Phi) is 6.54. The average Bonchev–Trinajstić information content (AvgIpc) is 2.63. The minimum Gasteiger partial charge on any atom is -0.479 e. The molecule has 0 saturated carbocycles. The van der Waals surface area contributed by atoms with Crippen LogP contribution in [0.3, 0.4) is 0 Å². The Labute approximate surface area is 157 Å². The van der Waals surface area contributed by atoms with E-state index in [-0.39, 0.29) is 0 Å². The highest BCUT2D eigenvalue weighted by Gasteiger charge is 2.23. The summed E-state index contributed by atoms with van der Waals surface area (Å²) in [5, 5.41) is 2.60. The number of carbonyl (C=O) groups is 3. The first kappa shape index (κ1) is 20.0. The van der Waals surface area contributed by atoms with Crippen molar-refractivity contribution in [1.29, 1.82) is 0 Å². The minimum atomic E-state index is -1.02. The number of primary amides is 1. The number of esters is 1. The van der Waals surface area contributed by atoms with Gasteiger partial charge in [0.2, 0.25) is 5.91 Å². The Bertz CT molecular complexity index is 815. The molecule has 7 nitrogen and oxygen atoms in total. The molecule has 0 fully saturated rings. The second-order valence-corrected chi connectivity index (χ2v) is 6.08. The van der Waals surface area contributed by atoms with Gasteiger partial charge < -0.3 is 20.5 Å². The molecule has 0 unspecified atom stereocenters. The van der Waals surface area contributed by atoms with Crippen molar-refractivity contribution in [2.24, 2.45) is 5.73 Å². The van der Waals surface area contributed by atoms with E-state index in [1.54, 1.807) is 19.1 Å². The van der Waals surface area contributed by atoms with Crippen molar-refractivity contribution in [1.82, 2.24) is 0 Å². The van der Waals surface area contributed by atoms with Crippen LogP contribution in [0.1, 0.15) is 29.8 Å². The summed E-state index contributed by atoms with van der Waals surface area (Å²) in [6.07, 6.45) is -1.88. The van der Waals surface area contributed by atoms with Gasteiger partial charge in [0.25, 0.3) is 5.91 Å². The fourth-order valence-corrected chi connectivity index (χ4v) is 2.15. The highest BCUT2D eigenvalue weighted by molar-refractivity contribution is 5.96. The summed E-state index contributed by atoms with van der Waals surface area (Å²) >= 11 is 0. The van der Waals surface area contributed by atoms with Crippen LogP contribution >= 0.6 is 0 Å². The second kappa shape index (κ2) is 8.84. The quantitative estimate of drug-likeness (QED) is 0.728. The number of anilines is 1. The van der Waals surface area contributed by atoms with Crippen LogP contribution in [-0.4, -0.2) is 30.0 Å². The number of carbonyl (C=O) groups excluding carboxylic acids is 3. The van der Waals surface area contributed by atoms with E-state index in [1.807, 2.05) is 19.1 Å². The van der Waals surface area contributed by atoms with E-state index in [0.29, 0.717) is 17.0 Å². The van der Waals surface area contributed by atoms with E-state index in [1.165, 1.54) is 31.2 Å². The first-order valence-corrected chi connectivity index (χ1v) is 8.41. The van der Waals surface area contributed by atoms with Gasteiger partial charge >= 0.3 is 5.97 Å². The number of amides is 2. The van der Waals surface area contributed by atoms with Crippen LogP contribution in [0.25, 0.3) is 0 Å². The van der Waals surface area contributed by atoms with Crippen molar-refractivity contribution < 1.29 is 23.9 Å². The van der Waals surface area contributed by atoms with Crippen molar-refractivity contribution in [3.05, 3.63) is 59.7 Å². The van der Waals surface area contributed by atoms with Crippen molar-refractivity contribution in [2.75, 3.05) is 5.32 Å². The van der Waals surface area contributed by atoms with Crippen LogP contribution in [0.2, 0.25) is 0 Å². The summed E-state index contributed by atoms with van der Waals surface area (Å²) in [6, 6.07) is 13.3. The molecule has 0 aliphatic carbocycles. The number of benzene rings is 2. The van der Waals surface area contributed by atoms with E-state index in [2.05, 4.69) is 5.32 Å². The van der Waals surface area contributed by atoms with E-state index < -0.39 is 30.0 Å². The molecule has 0 spiro atoms. The van der Waals surface area contributed by atoms with Crippen LogP contribution in [-0.2, 0) is 14.3 Å². The third-order valence-electron chi connectivity index (χ3n) is 3.76. The number of rotatable bonds is 7. The molecule has 2 amide bonds. The SMILES string of the molecule is Cc1ccc(O[C@@H](C)C(=O)O[C@@H](C)C(=O)Nc2ccc(C(N)=O)cc2)cc1. The van der Waals surface area contributed by atoms with E-state index in [0.717, 1.165) is 5.56 Å². The van der Waals surface area contributed by atoms with Gasteiger partial charge in [-0.15, -0.1) is 0 Å². The molecular formula is C20H22N2O5. The molecule has 2 rings (SSSR count). The summed E-state index contributed by atoms with van der Waals surface area (Å²) in [5.41, 5.74) is 7.02. The summed E-state index contributed by atoms with van der Waals surface area (Å²) in [5.74, 6) is -1.17. The smallest absolute Gasteiger partial charge is 0.347 e. The minimum absolute atomic E-state index is 0.328. The van der Waals surface area contributed by atoms with Crippen LogP contribution in [0, 0.1) is 6.92 Å². The summed E-state index contributed by atoms with van der Waals surface area (Å²) < 4.78 is 10.7. The van der Waals surface area contributed by atoms with Crippen molar-refractivity contribution in [2.45, 2.75) is 33.0 Å². The summed E-state index contributed by atoms with van der Waals surface area (Å²) in [7, 11) is 0. The molecule has 0 saturated heterocycles. The van der Waals surface area contributed by atoms with Crippen LogP contribution < -0.4 is 15.8 Å². The fraction of sp³-hybridized carbons (Fsp3) is 0.250. The molecule has 2 atom stereocenters. The van der Waals surface area contributed by atoms with Gasteiger partial charge in [0.05, 0.1) is 0 Å². The molecule has 142 valence electrons. The molecular weight excluding hydrogens is 348 g/mol. The standard InChI is InChI=1S/C20H22N2O5/c1-12-4-10-17(11-5-12)26-14(3)20(25)27-13(2)19(24)22-16-8-6-15(7-9-16)18(21)23/h4-11,13-14H,1-3H3,(H2,21,23)(H,22,24)/t13-,14-/m0/s1. The van der Waals surface area contributed by atoms with Gasteiger partial charge in [-0.3, -0.25) is 9.59 Å². The topological polar surface area (TPSA) is 108 Å². The van der Waals surface area contributed by atoms with Crippen molar-refractivity contribution in [3.8, 4) is 5.75 Å². The Morgan fingerprint density at radius 3 is 2.07 bits per heavy atom. The number of hydrogen-bond acceptors (Lipinski definition) is 5. The predicted octanol–water partition coefficient (Wildman–Crippen LogP) is 2.43. The Morgan fingerprint density at radius 1 is 0.926 bits per heavy atom. The summed E-state index contributed by atoms with van der Waals surface area (Å²) in [6.45, 7) is 4.96. The van der Waals surface area contributed by atoms with Gasteiger partial charge in [-0.25, -0.2) is 4.79 Å². The Morgan fingerprint density at radius 2 is 1.52 bits per heavy atom. The molecule has 0 heterocycles. The molecule has 27 heavy (non-hydrogen) atoms. The zero-order valence-corrected chi connectivity index (χ0v) is 15.4. The molecule has 2 aromatic rings. The molecule has 3 N–H and O–H groups in total. The van der Waals surface area contributed by atoms with Crippen LogP contribution in [0.4, 0.5) is 5.69 Å². The Balaban J connectivity index is 1.87. The average molecular weight is 370 g/mol. The Hall–Kier alpha value is -3.35. The van der Waals surface area contributed by atoms with Gasteiger partial charge in [-0.05, 0) is 57.2 Å². The maximum atomic E-state index is 12.2. The monoisotopic (exact) mass is 370 g/mol. The number of aryl methyl sites for hydroxylation is 1. The second-order valence-electron chi connectivity index (χ2n) is 6.08. The highest BCUT2D eigenvalue weighted by atomic mass is 16.6. The fourth-order valence-electron chi connectivity index (χ4n) is 2.15. The largest absolute Gasteiger partial charge is 0.479 e. The van der Waals surface area contributed by atoms with Gasteiger partial charge in [0, 0.05) is 11.3 Å². The molecule has 0 aliphatic rings. The maximum absolute atomic E-state index is 12.2. The number of ether oxygens (including phenoxy) is 2. The lowest BCUT2D eigenvalue weighted by Gasteiger charge is -2.18. The van der Waals surface area contributed by atoms with Gasteiger partial charge in [-0.1, -0.05) is 17.7 Å². The van der Waals surface area contributed by atoms with Gasteiger partial charge in [0.1, 0.15) is 5.75 Å². The van der Waals surface area contributed by atoms with Gasteiger partial charge in [0.15, 0.2) is 12.2 Å². The molecule has 0 aromatic heterocycles. The normalized spacial score (nSPS) is 12.6. The van der Waals surface area contributed by atoms with Crippen molar-refractivity contribution in [3.63, 3.8) is 0 Å². The zero-order chi connectivity index (χ0) is 20.0. The first-order chi connectivity index (χ1) is 12.8. The first-order valence-electron chi connectivity index (χ1n) is 8.41. The lowest BCUT2D eigenvalue weighted by molar-refractivity contribution is -0.159. The maximum Gasteiger partial charge on any atom is 0.347 e. The van der Waals surface area contributed by atoms with Crippen LogP contribution in [0.15, 0.2) is 48.5 Å². The van der Waals surface area contributed by atoms with E-state index >= 15 is 0 Å². The molecule has 0 radical (unpaired) electrons. The highest BCUT2D eigenvalue weighted by Crippen LogP contribution is 2.15. The molecule has 2 aromatic carbocycles. The third kappa shape index (κ3) is 5.85. The lowest BCUT2D eigenvalue weighted by atomic mass is 10.2. The van der Waals surface area contributed by atoms with E-state index in [4.69, 9.17) is 15.2 Å². The summed E-state index contributed by atoms with van der Waals surface area (Å²) in [4.78, 5) is 35.3. The number of nitrogens with one attached hydrogen (secondary N) is 1. The lowest BCUT2D eigenvalue weighted by Crippen LogP contribution is -2.35. The number of hydrogen-bond donors (Lipinski definition) is 2. The molecule has 7 heteroatoms.